The minimum absolute atomic E-state index is 0.0325. The molecule has 0 atom stereocenters. The van der Waals surface area contributed by atoms with Crippen molar-refractivity contribution >= 4 is 29.5 Å². The predicted molar refractivity (Wildman–Crippen MR) is 137 cm³/mol. The highest BCUT2D eigenvalue weighted by Crippen LogP contribution is 2.21. The molecule has 0 spiro atoms. The first-order valence-electron chi connectivity index (χ1n) is 11.7. The summed E-state index contributed by atoms with van der Waals surface area (Å²) in [5.74, 6) is -1.91. The molecule has 3 aromatic rings. The van der Waals surface area contributed by atoms with Gasteiger partial charge in [0.25, 0.3) is 0 Å². The quantitative estimate of drug-likeness (QED) is 0.245. The lowest BCUT2D eigenvalue weighted by Crippen LogP contribution is -2.37. The van der Waals surface area contributed by atoms with Crippen LogP contribution in [0.3, 0.4) is 0 Å². The fourth-order valence-electron chi connectivity index (χ4n) is 3.34. The average molecular weight is 523 g/mol. The zero-order chi connectivity index (χ0) is 27.3. The van der Waals surface area contributed by atoms with Gasteiger partial charge >= 0.3 is 12.1 Å². The summed E-state index contributed by atoms with van der Waals surface area (Å²) < 4.78 is 19.4. The average Bonchev–Trinajstić information content (AvgIpc) is 2.93. The van der Waals surface area contributed by atoms with Crippen molar-refractivity contribution in [2.24, 2.45) is 0 Å². The van der Waals surface area contributed by atoms with Gasteiger partial charge in [-0.25, -0.2) is 14.0 Å². The molecule has 0 saturated heterocycles. The molecule has 0 unspecified atom stereocenters. The number of ketones is 1. The van der Waals surface area contributed by atoms with Gasteiger partial charge in [0.1, 0.15) is 19.0 Å². The van der Waals surface area contributed by atoms with Crippen molar-refractivity contribution in [1.82, 2.24) is 16.0 Å². The fraction of sp³-hybridized carbons (Fsp3) is 0.185. The van der Waals surface area contributed by atoms with Crippen molar-refractivity contribution in [2.75, 3.05) is 25.0 Å². The number of carbonyl (C=O) groups is 4. The third-order valence-corrected chi connectivity index (χ3v) is 5.21. The molecule has 0 aliphatic carbocycles. The maximum absolute atomic E-state index is 14.3. The molecule has 4 amide bonds. The molecule has 0 aliphatic rings. The largest absolute Gasteiger partial charge is 0.445 e. The van der Waals surface area contributed by atoms with Crippen LogP contribution in [0.4, 0.5) is 19.7 Å². The Kier molecular flexibility index (Phi) is 10.3. The van der Waals surface area contributed by atoms with E-state index < -0.39 is 29.6 Å². The number of nitrogens with one attached hydrogen (secondary N) is 4. The van der Waals surface area contributed by atoms with Crippen molar-refractivity contribution in [1.29, 1.82) is 0 Å². The molecule has 0 bridgehead atoms. The van der Waals surface area contributed by atoms with Gasteiger partial charge in [-0.15, -0.1) is 0 Å². The third kappa shape index (κ3) is 8.42. The van der Waals surface area contributed by atoms with Gasteiger partial charge in [0, 0.05) is 24.3 Å². The lowest BCUT2D eigenvalue weighted by molar-refractivity contribution is -0.120. The van der Waals surface area contributed by atoms with Crippen LogP contribution in [-0.4, -0.2) is 48.6 Å². The smallest absolute Gasteiger partial charge is 0.407 e. The summed E-state index contributed by atoms with van der Waals surface area (Å²) >= 11 is 0. The number of halogens is 1. The molecule has 0 radical (unpaired) electrons. The van der Waals surface area contributed by atoms with Crippen molar-refractivity contribution in [3.8, 4) is 0 Å². The van der Waals surface area contributed by atoms with Crippen LogP contribution in [0.1, 0.15) is 27.0 Å². The van der Waals surface area contributed by atoms with Crippen LogP contribution in [0.2, 0.25) is 0 Å². The molecule has 0 aliphatic heterocycles. The molecule has 3 rings (SSSR count). The lowest BCUT2D eigenvalue weighted by atomic mass is 9.97. The Morgan fingerprint density at radius 1 is 0.842 bits per heavy atom. The lowest BCUT2D eigenvalue weighted by Gasteiger charge is -2.14. The molecule has 0 aromatic heterocycles. The van der Waals surface area contributed by atoms with Gasteiger partial charge in [0.05, 0.1) is 12.2 Å². The third-order valence-electron chi connectivity index (χ3n) is 5.21. The SMILES string of the molecule is O=C(CNC(=O)OCc1ccccc1)NCc1ccc(NC(=O)NCCO)cc1C(=O)c1ccccc1F. The van der Waals surface area contributed by atoms with E-state index in [0.29, 0.717) is 5.56 Å². The number of ether oxygens (including phenoxy) is 1. The summed E-state index contributed by atoms with van der Waals surface area (Å²) in [6, 6.07) is 18.3. The van der Waals surface area contributed by atoms with Gasteiger partial charge in [-0.1, -0.05) is 48.5 Å². The molecule has 0 saturated carbocycles. The van der Waals surface area contributed by atoms with Gasteiger partial charge in [0.2, 0.25) is 5.91 Å². The van der Waals surface area contributed by atoms with E-state index in [1.54, 1.807) is 12.1 Å². The van der Waals surface area contributed by atoms with Crippen LogP contribution in [0.25, 0.3) is 0 Å². The molecule has 0 fully saturated rings. The number of alkyl carbamates (subject to hydrolysis) is 1. The second-order valence-corrected chi connectivity index (χ2v) is 7.98. The number of urea groups is 1. The number of rotatable bonds is 11. The Balaban J connectivity index is 1.64. The van der Waals surface area contributed by atoms with Crippen molar-refractivity contribution in [3.63, 3.8) is 0 Å². The highest BCUT2D eigenvalue weighted by atomic mass is 19.1. The summed E-state index contributed by atoms with van der Waals surface area (Å²) in [5, 5.41) is 18.7. The van der Waals surface area contributed by atoms with Crippen molar-refractivity contribution < 1.29 is 33.4 Å². The second-order valence-electron chi connectivity index (χ2n) is 7.98. The van der Waals surface area contributed by atoms with Gasteiger partial charge in [-0.2, -0.15) is 0 Å². The van der Waals surface area contributed by atoms with E-state index in [2.05, 4.69) is 21.3 Å². The number of aliphatic hydroxyl groups excluding tert-OH is 1. The monoisotopic (exact) mass is 522 g/mol. The first kappa shape index (κ1) is 27.8. The summed E-state index contributed by atoms with van der Waals surface area (Å²) in [7, 11) is 0. The Hall–Kier alpha value is -4.77. The van der Waals surface area contributed by atoms with Crippen LogP contribution >= 0.6 is 0 Å². The van der Waals surface area contributed by atoms with Crippen LogP contribution < -0.4 is 21.3 Å². The van der Waals surface area contributed by atoms with Crippen LogP contribution in [-0.2, 0) is 22.7 Å². The Morgan fingerprint density at radius 3 is 2.32 bits per heavy atom. The number of hydrogen-bond acceptors (Lipinski definition) is 6. The molecule has 38 heavy (non-hydrogen) atoms. The summed E-state index contributed by atoms with van der Waals surface area (Å²) in [6.07, 6.45) is -0.769. The van der Waals surface area contributed by atoms with Gasteiger partial charge in [-0.3, -0.25) is 9.59 Å². The Bertz CT molecular complexity index is 1290. The zero-order valence-corrected chi connectivity index (χ0v) is 20.3. The minimum Gasteiger partial charge on any atom is -0.445 e. The van der Waals surface area contributed by atoms with E-state index in [9.17, 15) is 23.6 Å². The molecular weight excluding hydrogens is 495 g/mol. The van der Waals surface area contributed by atoms with Gasteiger partial charge in [-0.05, 0) is 35.4 Å². The molecule has 198 valence electrons. The maximum atomic E-state index is 14.3. The normalized spacial score (nSPS) is 10.3. The number of benzene rings is 3. The van der Waals surface area contributed by atoms with Crippen molar-refractivity contribution in [2.45, 2.75) is 13.2 Å². The first-order valence-corrected chi connectivity index (χ1v) is 11.7. The highest BCUT2D eigenvalue weighted by Gasteiger charge is 2.19. The Morgan fingerprint density at radius 2 is 1.58 bits per heavy atom. The second kappa shape index (κ2) is 14.1. The number of aliphatic hydroxyl groups is 1. The van der Waals surface area contributed by atoms with E-state index in [1.807, 2.05) is 18.2 Å². The molecular formula is C27H27FN4O6. The van der Waals surface area contributed by atoms with E-state index >= 15 is 0 Å². The van der Waals surface area contributed by atoms with Gasteiger partial charge < -0.3 is 31.1 Å². The predicted octanol–water partition coefficient (Wildman–Crippen LogP) is 2.71. The van der Waals surface area contributed by atoms with Crippen LogP contribution in [0, 0.1) is 5.82 Å². The number of hydrogen-bond donors (Lipinski definition) is 5. The Labute approximate surface area is 218 Å². The first-order chi connectivity index (χ1) is 18.4. The van der Waals surface area contributed by atoms with Crippen LogP contribution in [0.5, 0.6) is 0 Å². The molecule has 3 aromatic carbocycles. The van der Waals surface area contributed by atoms with Crippen LogP contribution in [0.15, 0.2) is 72.8 Å². The topological polar surface area (TPSA) is 146 Å². The zero-order valence-electron chi connectivity index (χ0n) is 20.3. The number of amides is 4. The molecule has 11 heteroatoms. The van der Waals surface area contributed by atoms with E-state index in [-0.39, 0.29) is 49.7 Å². The number of carbonyl (C=O) groups excluding carboxylic acids is 4. The molecule has 10 nitrogen and oxygen atoms in total. The van der Waals surface area contributed by atoms with E-state index in [4.69, 9.17) is 9.84 Å². The van der Waals surface area contributed by atoms with E-state index in [1.165, 1.54) is 36.4 Å². The van der Waals surface area contributed by atoms with Gasteiger partial charge in [0.15, 0.2) is 5.78 Å². The maximum Gasteiger partial charge on any atom is 0.407 e. The standard InChI is InChI=1S/C27H27FN4O6/c28-23-9-5-4-8-21(23)25(35)22-14-20(32-26(36)29-12-13-33)11-10-19(22)15-30-24(34)16-31-27(37)38-17-18-6-2-1-3-7-18/h1-11,14,33H,12-13,15-17H2,(H,30,34)(H,31,37)(H2,29,32,36). The fourth-order valence-corrected chi connectivity index (χ4v) is 3.34. The summed E-state index contributed by atoms with van der Waals surface area (Å²) in [4.78, 5) is 49.3. The molecule has 5 N–H and O–H groups in total. The highest BCUT2D eigenvalue weighted by molar-refractivity contribution is 6.11. The van der Waals surface area contributed by atoms with Crippen molar-refractivity contribution in [3.05, 3.63) is 101 Å². The summed E-state index contributed by atoms with van der Waals surface area (Å²) in [6.45, 7) is -0.636. The molecule has 0 heterocycles. The number of anilines is 1. The summed E-state index contributed by atoms with van der Waals surface area (Å²) in [5.41, 5.74) is 1.29. The minimum atomic E-state index is -0.769. The van der Waals surface area contributed by atoms with E-state index in [0.717, 1.165) is 11.6 Å².